The molecule has 7 rings (SSSR count). The second-order valence-corrected chi connectivity index (χ2v) is 12.0. The highest BCUT2D eigenvalue weighted by molar-refractivity contribution is 5.87. The Labute approximate surface area is 244 Å². The van der Waals surface area contributed by atoms with Gasteiger partial charge in [0.1, 0.15) is 11.6 Å². The molecule has 1 saturated heterocycles. The lowest BCUT2D eigenvalue weighted by Gasteiger charge is -2.20. The number of ether oxygens (including phenoxy) is 1. The molecule has 15 nitrogen and oxygen atoms in total. The second kappa shape index (κ2) is 9.82. The minimum atomic E-state index is -3.46. The van der Waals surface area contributed by atoms with Crippen molar-refractivity contribution in [3.63, 3.8) is 0 Å². The standard InChI is InChI=1S/C28H33N7O8/c1-14-12-27(14,25(37)38)35-24-18(23(32-35)15-6-8-43-9-7-15)4-5-21(31-24)30-22-11-19-20(13-29-22)34(28(40,41)42)26(39)33(19)16-2-3-17(36)10-16/h4-5,11,13-17,36,40-42H,2-3,6-10,12H2,1H3,(H,37,38)(H,29,30,31). The number of anilines is 2. The fourth-order valence-electron chi connectivity index (χ4n) is 6.86. The number of aliphatic hydroxyl groups excluding tert-OH is 1. The number of rotatable bonds is 7. The van der Waals surface area contributed by atoms with E-state index in [2.05, 4.69) is 10.3 Å². The van der Waals surface area contributed by atoms with Crippen LogP contribution in [0.4, 0.5) is 11.6 Å². The summed E-state index contributed by atoms with van der Waals surface area (Å²) < 4.78 is 8.84. The van der Waals surface area contributed by atoms with Crippen molar-refractivity contribution >= 4 is 39.7 Å². The molecule has 2 aliphatic carbocycles. The molecule has 4 unspecified atom stereocenters. The molecular weight excluding hydrogens is 562 g/mol. The van der Waals surface area contributed by atoms with Crippen molar-refractivity contribution in [3.8, 4) is 0 Å². The molecule has 0 bridgehead atoms. The predicted molar refractivity (Wildman–Crippen MR) is 151 cm³/mol. The summed E-state index contributed by atoms with van der Waals surface area (Å²) >= 11 is 0. The molecule has 1 aliphatic heterocycles. The lowest BCUT2D eigenvalue weighted by molar-refractivity contribution is -0.374. The van der Waals surface area contributed by atoms with Crippen molar-refractivity contribution in [1.29, 1.82) is 0 Å². The van der Waals surface area contributed by atoms with Gasteiger partial charge in [-0.15, -0.1) is 0 Å². The Morgan fingerprint density at radius 1 is 1.12 bits per heavy atom. The number of hydrogen-bond acceptors (Lipinski definition) is 11. The zero-order valence-corrected chi connectivity index (χ0v) is 23.4. The number of hydrogen-bond donors (Lipinski definition) is 6. The Kier molecular flexibility index (Phi) is 6.37. The molecule has 2 saturated carbocycles. The molecule has 43 heavy (non-hydrogen) atoms. The summed E-state index contributed by atoms with van der Waals surface area (Å²) in [7, 11) is 0. The van der Waals surface area contributed by atoms with E-state index in [1.54, 1.807) is 10.7 Å². The summed E-state index contributed by atoms with van der Waals surface area (Å²) in [4.78, 5) is 34.8. The zero-order valence-electron chi connectivity index (χ0n) is 23.4. The Bertz CT molecular complexity index is 1800. The number of carboxylic acid groups (broad SMARTS) is 1. The summed E-state index contributed by atoms with van der Waals surface area (Å²) in [6.07, 6.45) is 0.430. The molecule has 0 aromatic carbocycles. The normalized spacial score (nSPS) is 26.4. The van der Waals surface area contributed by atoms with Crippen molar-refractivity contribution in [2.75, 3.05) is 18.5 Å². The predicted octanol–water partition coefficient (Wildman–Crippen LogP) is 1.03. The van der Waals surface area contributed by atoms with Gasteiger partial charge in [0.2, 0.25) is 0 Å². The Hall–Kier alpha value is -3.89. The van der Waals surface area contributed by atoms with E-state index in [1.165, 1.54) is 16.8 Å². The first-order valence-electron chi connectivity index (χ1n) is 14.5. The quantitative estimate of drug-likeness (QED) is 0.166. The molecular formula is C28H33N7O8. The van der Waals surface area contributed by atoms with Crippen LogP contribution in [-0.2, 0) is 21.2 Å². The number of nitrogens with zero attached hydrogens (tertiary/aromatic N) is 6. The molecule has 3 aliphatic rings. The maximum atomic E-state index is 13.2. The van der Waals surface area contributed by atoms with Gasteiger partial charge < -0.3 is 35.6 Å². The van der Waals surface area contributed by atoms with Gasteiger partial charge in [0.05, 0.1) is 29.0 Å². The minimum Gasteiger partial charge on any atom is -0.479 e. The number of aromatic nitrogens is 6. The van der Waals surface area contributed by atoms with E-state index in [-0.39, 0.29) is 28.7 Å². The molecule has 0 radical (unpaired) electrons. The van der Waals surface area contributed by atoms with Gasteiger partial charge in [-0.3, -0.25) is 4.57 Å². The van der Waals surface area contributed by atoms with Gasteiger partial charge in [0, 0.05) is 36.6 Å². The van der Waals surface area contributed by atoms with Gasteiger partial charge in [0.15, 0.2) is 11.2 Å². The number of carbonyl (C=O) groups is 1. The summed E-state index contributed by atoms with van der Waals surface area (Å²) in [6.45, 7) is 3.10. The fourth-order valence-corrected chi connectivity index (χ4v) is 6.86. The van der Waals surface area contributed by atoms with Crippen LogP contribution in [0, 0.1) is 5.92 Å². The molecule has 4 atom stereocenters. The third-order valence-electron chi connectivity index (χ3n) is 9.25. The largest absolute Gasteiger partial charge is 0.479 e. The van der Waals surface area contributed by atoms with E-state index in [0.29, 0.717) is 54.9 Å². The molecule has 3 fully saturated rings. The van der Waals surface area contributed by atoms with Crippen LogP contribution >= 0.6 is 0 Å². The van der Waals surface area contributed by atoms with E-state index in [0.717, 1.165) is 23.9 Å². The third-order valence-corrected chi connectivity index (χ3v) is 9.25. The van der Waals surface area contributed by atoms with Gasteiger partial charge in [-0.1, -0.05) is 6.92 Å². The first-order valence-corrected chi connectivity index (χ1v) is 14.5. The van der Waals surface area contributed by atoms with Crippen LogP contribution < -0.4 is 11.0 Å². The van der Waals surface area contributed by atoms with Gasteiger partial charge in [-0.25, -0.2) is 28.8 Å². The molecule has 4 aromatic heterocycles. The molecule has 4 aromatic rings. The van der Waals surface area contributed by atoms with Crippen molar-refractivity contribution in [2.24, 2.45) is 5.92 Å². The van der Waals surface area contributed by atoms with Gasteiger partial charge in [-0.2, -0.15) is 5.10 Å². The maximum absolute atomic E-state index is 13.2. The first-order chi connectivity index (χ1) is 20.5. The number of fused-ring (bicyclic) bond motifs is 2. The lowest BCUT2D eigenvalue weighted by atomic mass is 9.95. The number of aliphatic carboxylic acids is 1. The Morgan fingerprint density at radius 2 is 1.86 bits per heavy atom. The van der Waals surface area contributed by atoms with Gasteiger partial charge >= 0.3 is 17.8 Å². The Balaban J connectivity index is 1.32. The van der Waals surface area contributed by atoms with Crippen LogP contribution in [0.15, 0.2) is 29.2 Å². The van der Waals surface area contributed by atoms with E-state index >= 15 is 0 Å². The fraction of sp³-hybridized carbons (Fsp3) is 0.536. The van der Waals surface area contributed by atoms with Crippen molar-refractivity contribution < 1.29 is 35.1 Å². The van der Waals surface area contributed by atoms with Crippen molar-refractivity contribution in [1.82, 2.24) is 28.9 Å². The molecule has 15 heteroatoms. The lowest BCUT2D eigenvalue weighted by Crippen LogP contribution is -2.41. The molecule has 0 amide bonds. The number of carboxylic acids is 1. The van der Waals surface area contributed by atoms with Crippen LogP contribution in [0.5, 0.6) is 0 Å². The van der Waals surface area contributed by atoms with E-state index in [9.17, 15) is 35.1 Å². The number of pyridine rings is 2. The zero-order chi connectivity index (χ0) is 30.3. The second-order valence-electron chi connectivity index (χ2n) is 12.0. The average molecular weight is 596 g/mol. The smallest absolute Gasteiger partial charge is 0.377 e. The summed E-state index contributed by atoms with van der Waals surface area (Å²) in [5.41, 5.74) is -0.539. The Morgan fingerprint density at radius 3 is 2.49 bits per heavy atom. The summed E-state index contributed by atoms with van der Waals surface area (Å²) in [5, 5.41) is 58.8. The highest BCUT2D eigenvalue weighted by Gasteiger charge is 2.61. The monoisotopic (exact) mass is 595 g/mol. The van der Waals surface area contributed by atoms with Crippen LogP contribution in [0.3, 0.4) is 0 Å². The number of aliphatic hydroxyl groups is 4. The van der Waals surface area contributed by atoms with Crippen LogP contribution in [0.1, 0.15) is 63.1 Å². The van der Waals surface area contributed by atoms with Gasteiger partial charge in [-0.05, 0) is 56.6 Å². The molecule has 228 valence electrons. The van der Waals surface area contributed by atoms with Crippen LogP contribution in [-0.4, -0.2) is 79.7 Å². The van der Waals surface area contributed by atoms with Crippen molar-refractivity contribution in [3.05, 3.63) is 40.6 Å². The minimum absolute atomic E-state index is 0.0156. The van der Waals surface area contributed by atoms with Crippen molar-refractivity contribution in [2.45, 2.75) is 75.1 Å². The SMILES string of the molecule is CC1CC1(C(=O)O)n1nc(C2CCOCC2)c2ccc(Nc3cc4c(cn3)n(C(O)(O)O)c(=O)n4C3CCC(O)C3)nc21. The first kappa shape index (κ1) is 27.9. The topological polar surface area (TPSA) is 210 Å². The number of nitrogens with one attached hydrogen (secondary N) is 1. The molecule has 6 N–H and O–H groups in total. The molecule has 5 heterocycles. The van der Waals surface area contributed by atoms with E-state index < -0.39 is 35.4 Å². The molecule has 0 spiro atoms. The van der Waals surface area contributed by atoms with Crippen LogP contribution in [0.2, 0.25) is 0 Å². The van der Waals surface area contributed by atoms with Gasteiger partial charge in [0.25, 0.3) is 0 Å². The van der Waals surface area contributed by atoms with Crippen LogP contribution in [0.25, 0.3) is 22.1 Å². The summed E-state index contributed by atoms with van der Waals surface area (Å²) in [5.74, 6) is -0.328. The average Bonchev–Trinajstić information content (AvgIpc) is 3.23. The highest BCUT2D eigenvalue weighted by atomic mass is 16.7. The third kappa shape index (κ3) is 4.41. The number of imidazole rings is 1. The maximum Gasteiger partial charge on any atom is 0.377 e. The van der Waals surface area contributed by atoms with E-state index in [1.807, 2.05) is 13.0 Å². The van der Waals surface area contributed by atoms with E-state index in [4.69, 9.17) is 14.8 Å². The summed E-state index contributed by atoms with van der Waals surface area (Å²) in [6, 6.07) is 4.72. The highest BCUT2D eigenvalue weighted by Crippen LogP contribution is 2.52.